The highest BCUT2D eigenvalue weighted by molar-refractivity contribution is 7.17. The maximum atomic E-state index is 13.3. The number of benzene rings is 1. The molecule has 0 radical (unpaired) electrons. The van der Waals surface area contributed by atoms with E-state index in [4.69, 9.17) is 4.98 Å². The number of rotatable bonds is 3. The van der Waals surface area contributed by atoms with E-state index in [1.54, 1.807) is 23.5 Å². The Morgan fingerprint density at radius 3 is 2.43 bits per heavy atom. The van der Waals surface area contributed by atoms with Gasteiger partial charge in [0.05, 0.1) is 11.4 Å². The number of aldehydes is 1. The zero-order valence-electron chi connectivity index (χ0n) is 13.7. The van der Waals surface area contributed by atoms with Crippen LogP contribution in [0.1, 0.15) is 48.8 Å². The summed E-state index contributed by atoms with van der Waals surface area (Å²) in [5.74, 6) is -0.269. The lowest BCUT2D eigenvalue weighted by molar-refractivity contribution is 0.111. The second kappa shape index (κ2) is 5.57. The number of aromatic nitrogens is 2. The van der Waals surface area contributed by atoms with Crippen LogP contribution in [0.4, 0.5) is 4.39 Å². The Kier molecular flexibility index (Phi) is 3.84. The van der Waals surface area contributed by atoms with Crippen molar-refractivity contribution in [2.45, 2.75) is 39.5 Å². The van der Waals surface area contributed by atoms with E-state index in [1.165, 1.54) is 12.1 Å². The number of carbonyl (C=O) groups excluding carboxylic acids is 1. The summed E-state index contributed by atoms with van der Waals surface area (Å²) < 4.78 is 15.2. The molecule has 0 fully saturated rings. The van der Waals surface area contributed by atoms with Crippen molar-refractivity contribution in [3.05, 3.63) is 46.3 Å². The van der Waals surface area contributed by atoms with Gasteiger partial charge in [-0.1, -0.05) is 27.7 Å². The Morgan fingerprint density at radius 1 is 1.26 bits per heavy atom. The molecule has 3 rings (SSSR count). The summed E-state index contributed by atoms with van der Waals surface area (Å²) in [6.07, 6.45) is 1.71. The number of hydrogen-bond donors (Lipinski definition) is 0. The van der Waals surface area contributed by atoms with Crippen molar-refractivity contribution in [3.8, 4) is 11.3 Å². The molecule has 3 aromatic rings. The zero-order valence-corrected chi connectivity index (χ0v) is 14.5. The first-order valence-corrected chi connectivity index (χ1v) is 8.44. The van der Waals surface area contributed by atoms with Crippen LogP contribution in [-0.4, -0.2) is 15.7 Å². The number of nitrogens with zero attached hydrogens (tertiary/aromatic N) is 2. The third-order valence-electron chi connectivity index (χ3n) is 3.85. The van der Waals surface area contributed by atoms with Gasteiger partial charge in [0.2, 0.25) is 0 Å². The van der Waals surface area contributed by atoms with E-state index < -0.39 is 0 Å². The summed E-state index contributed by atoms with van der Waals surface area (Å²) >= 11 is 1.59. The summed E-state index contributed by atoms with van der Waals surface area (Å²) in [5.41, 5.74) is 3.01. The number of fused-ring (bicyclic) bond motifs is 1. The summed E-state index contributed by atoms with van der Waals surface area (Å²) in [5, 5.41) is 0. The van der Waals surface area contributed by atoms with Crippen molar-refractivity contribution < 1.29 is 9.18 Å². The molecule has 3 nitrogen and oxygen atoms in total. The van der Waals surface area contributed by atoms with Gasteiger partial charge in [-0.3, -0.25) is 9.20 Å². The molecule has 0 bridgehead atoms. The molecule has 0 aliphatic carbocycles. The Labute approximate surface area is 138 Å². The number of thiazole rings is 1. The van der Waals surface area contributed by atoms with Gasteiger partial charge in [-0.2, -0.15) is 0 Å². The highest BCUT2D eigenvalue weighted by Crippen LogP contribution is 2.36. The van der Waals surface area contributed by atoms with Crippen molar-refractivity contribution in [3.63, 3.8) is 0 Å². The van der Waals surface area contributed by atoms with Crippen LogP contribution in [-0.2, 0) is 11.8 Å². The largest absolute Gasteiger partial charge is 0.296 e. The third-order valence-corrected chi connectivity index (χ3v) is 5.03. The number of hydrogen-bond acceptors (Lipinski definition) is 3. The molecule has 5 heteroatoms. The molecule has 120 valence electrons. The number of imidazole rings is 1. The topological polar surface area (TPSA) is 34.4 Å². The van der Waals surface area contributed by atoms with E-state index in [-0.39, 0.29) is 11.2 Å². The molecular weight excluding hydrogens is 311 g/mol. The second-order valence-electron chi connectivity index (χ2n) is 6.57. The average molecular weight is 330 g/mol. The van der Waals surface area contributed by atoms with Crippen LogP contribution in [0.2, 0.25) is 0 Å². The van der Waals surface area contributed by atoms with Gasteiger partial charge in [-0.25, -0.2) is 9.37 Å². The molecule has 0 N–H and O–H groups in total. The molecule has 2 aromatic heterocycles. The lowest BCUT2D eigenvalue weighted by Crippen LogP contribution is -2.15. The van der Waals surface area contributed by atoms with Gasteiger partial charge in [-0.05, 0) is 36.2 Å². The Balaban J connectivity index is 2.37. The van der Waals surface area contributed by atoms with Crippen molar-refractivity contribution in [2.75, 3.05) is 0 Å². The number of halogens is 1. The molecule has 23 heavy (non-hydrogen) atoms. The summed E-state index contributed by atoms with van der Waals surface area (Å²) in [6.45, 7) is 8.21. The van der Waals surface area contributed by atoms with E-state index in [1.807, 2.05) is 25.2 Å². The summed E-state index contributed by atoms with van der Waals surface area (Å²) in [4.78, 5) is 18.4. The maximum Gasteiger partial charge on any atom is 0.195 e. The molecular formula is C18H19FN2OS. The molecule has 0 saturated carbocycles. The first-order valence-electron chi connectivity index (χ1n) is 7.62. The fourth-order valence-electron chi connectivity index (χ4n) is 2.78. The third kappa shape index (κ3) is 2.59. The maximum absolute atomic E-state index is 13.3. The lowest BCUT2D eigenvalue weighted by atomic mass is 9.91. The molecule has 0 unspecified atom stereocenters. The molecule has 0 saturated heterocycles. The van der Waals surface area contributed by atoms with Crippen molar-refractivity contribution in [1.29, 1.82) is 0 Å². The van der Waals surface area contributed by atoms with Gasteiger partial charge in [0.1, 0.15) is 11.5 Å². The van der Waals surface area contributed by atoms with Crippen LogP contribution < -0.4 is 0 Å². The first kappa shape index (κ1) is 15.9. The smallest absolute Gasteiger partial charge is 0.195 e. The second-order valence-corrected chi connectivity index (χ2v) is 7.63. The predicted octanol–water partition coefficient (Wildman–Crippen LogP) is 4.87. The van der Waals surface area contributed by atoms with Crippen LogP contribution in [0, 0.1) is 5.82 Å². The minimum absolute atomic E-state index is 0.214. The minimum atomic E-state index is -0.269. The van der Waals surface area contributed by atoms with Crippen molar-refractivity contribution in [2.24, 2.45) is 0 Å². The van der Waals surface area contributed by atoms with Crippen LogP contribution >= 0.6 is 11.3 Å². The van der Waals surface area contributed by atoms with E-state index >= 15 is 0 Å². The lowest BCUT2D eigenvalue weighted by Gasteiger charge is -2.16. The normalized spacial score (nSPS) is 12.0. The Morgan fingerprint density at radius 2 is 1.91 bits per heavy atom. The molecule has 0 atom stereocenters. The highest BCUT2D eigenvalue weighted by atomic mass is 32.1. The molecule has 1 aromatic carbocycles. The zero-order chi connectivity index (χ0) is 16.8. The van der Waals surface area contributed by atoms with Gasteiger partial charge in [0.25, 0.3) is 0 Å². The molecule has 0 aliphatic rings. The predicted molar refractivity (Wildman–Crippen MR) is 91.9 cm³/mol. The monoisotopic (exact) mass is 330 g/mol. The van der Waals surface area contributed by atoms with Crippen LogP contribution in [0.3, 0.4) is 0 Å². The van der Waals surface area contributed by atoms with Gasteiger partial charge < -0.3 is 0 Å². The van der Waals surface area contributed by atoms with Crippen molar-refractivity contribution in [1.82, 2.24) is 9.38 Å². The number of aryl methyl sites for hydroxylation is 1. The molecule has 0 spiro atoms. The summed E-state index contributed by atoms with van der Waals surface area (Å²) in [7, 11) is 0. The molecule has 2 heterocycles. The van der Waals surface area contributed by atoms with Gasteiger partial charge in [0.15, 0.2) is 11.2 Å². The van der Waals surface area contributed by atoms with E-state index in [0.717, 1.165) is 39.5 Å². The fourth-order valence-corrected chi connectivity index (χ4v) is 3.87. The van der Waals surface area contributed by atoms with Gasteiger partial charge in [-0.15, -0.1) is 11.3 Å². The Hall–Kier alpha value is -2.01. The summed E-state index contributed by atoms with van der Waals surface area (Å²) in [6, 6.07) is 6.39. The fraction of sp³-hybridized carbons (Fsp3) is 0.333. The van der Waals surface area contributed by atoms with Crippen LogP contribution in [0.25, 0.3) is 16.2 Å². The van der Waals surface area contributed by atoms with E-state index in [9.17, 15) is 9.18 Å². The van der Waals surface area contributed by atoms with E-state index in [0.29, 0.717) is 5.69 Å². The van der Waals surface area contributed by atoms with Gasteiger partial charge in [0, 0.05) is 10.3 Å². The highest BCUT2D eigenvalue weighted by Gasteiger charge is 2.27. The van der Waals surface area contributed by atoms with Crippen LogP contribution in [0.15, 0.2) is 24.3 Å². The van der Waals surface area contributed by atoms with Crippen molar-refractivity contribution >= 4 is 22.6 Å². The van der Waals surface area contributed by atoms with E-state index in [2.05, 4.69) is 6.92 Å². The average Bonchev–Trinajstić information content (AvgIpc) is 3.02. The molecule has 0 amide bonds. The minimum Gasteiger partial charge on any atom is -0.296 e. The SMILES string of the molecule is CCc1sc2nc(C(C)(C)C)c(C=O)n2c1-c1ccc(F)cc1. The van der Waals surface area contributed by atoms with Gasteiger partial charge >= 0.3 is 0 Å². The quantitative estimate of drug-likeness (QED) is 0.642. The number of carbonyl (C=O) groups is 1. The Bertz CT molecular complexity index is 869. The van der Waals surface area contributed by atoms with Crippen LogP contribution in [0.5, 0.6) is 0 Å². The molecule has 0 aliphatic heterocycles. The first-order chi connectivity index (χ1) is 10.9. The standard InChI is InChI=1S/C18H19FN2OS/c1-5-14-15(11-6-8-12(19)9-7-11)21-13(10-22)16(18(2,3)4)20-17(21)23-14/h6-10H,5H2,1-4H3.